The van der Waals surface area contributed by atoms with Crippen LogP contribution >= 0.6 is 0 Å². The van der Waals surface area contributed by atoms with Gasteiger partial charge in [0.15, 0.2) is 0 Å². The van der Waals surface area contributed by atoms with Crippen molar-refractivity contribution in [1.29, 1.82) is 0 Å². The predicted octanol–water partition coefficient (Wildman–Crippen LogP) is 3.68. The number of H-pyrrole nitrogens is 1. The molecule has 0 radical (unpaired) electrons. The van der Waals surface area contributed by atoms with Crippen molar-refractivity contribution in [2.24, 2.45) is 0 Å². The topological polar surface area (TPSA) is 63.7 Å². The Bertz CT molecular complexity index is 846. The summed E-state index contributed by atoms with van der Waals surface area (Å²) in [6.45, 7) is 0. The van der Waals surface area contributed by atoms with Crippen LogP contribution in [0.1, 0.15) is 36.1 Å². The van der Waals surface area contributed by atoms with Gasteiger partial charge in [-0.1, -0.05) is 12.1 Å². The molecule has 2 unspecified atom stereocenters. The lowest BCUT2D eigenvalue weighted by Gasteiger charge is -2.35. The minimum absolute atomic E-state index is 0.201. The monoisotopic (exact) mass is 324 g/mol. The van der Waals surface area contributed by atoms with Gasteiger partial charge in [-0.3, -0.25) is 0 Å². The van der Waals surface area contributed by atoms with Gasteiger partial charge < -0.3 is 9.72 Å². The van der Waals surface area contributed by atoms with Gasteiger partial charge in [0.05, 0.1) is 24.7 Å². The minimum Gasteiger partial charge on any atom is -0.467 e. The van der Waals surface area contributed by atoms with Crippen molar-refractivity contribution in [2.45, 2.75) is 24.7 Å². The molecule has 1 saturated carbocycles. The van der Waals surface area contributed by atoms with E-state index in [-0.39, 0.29) is 5.82 Å². The van der Waals surface area contributed by atoms with Crippen LogP contribution in [0.25, 0.3) is 11.4 Å². The number of nitrogens with one attached hydrogen (secondary N) is 1. The smallest absolute Gasteiger partial charge is 0.316 e. The molecule has 0 saturated heterocycles. The molecular weight excluding hydrogens is 307 g/mol. The molecule has 5 nitrogen and oxygen atoms in total. The van der Waals surface area contributed by atoms with Crippen LogP contribution in [-0.2, 0) is 0 Å². The third-order valence-corrected chi connectivity index (χ3v) is 4.61. The summed E-state index contributed by atoms with van der Waals surface area (Å²) < 4.78 is 18.2. The molecule has 2 aromatic heterocycles. The van der Waals surface area contributed by atoms with Crippen LogP contribution in [0.15, 0.2) is 42.7 Å². The van der Waals surface area contributed by atoms with Crippen molar-refractivity contribution in [3.05, 3.63) is 59.9 Å². The molecule has 1 aliphatic carbocycles. The van der Waals surface area contributed by atoms with E-state index < -0.39 is 0 Å². The zero-order valence-corrected chi connectivity index (χ0v) is 13.2. The summed E-state index contributed by atoms with van der Waals surface area (Å²) in [4.78, 5) is 16.2. The maximum Gasteiger partial charge on any atom is 0.316 e. The Hall–Kier alpha value is -2.76. The SMILES string of the molecule is COc1nccc(-c2cnc(C3CCC3c3ccc(F)cc3)[nH]2)n1. The fourth-order valence-corrected chi connectivity index (χ4v) is 3.18. The van der Waals surface area contributed by atoms with E-state index in [0.717, 1.165) is 35.6 Å². The zero-order valence-electron chi connectivity index (χ0n) is 13.2. The lowest BCUT2D eigenvalue weighted by Crippen LogP contribution is -2.22. The van der Waals surface area contributed by atoms with E-state index in [1.165, 1.54) is 12.1 Å². The molecule has 0 bridgehead atoms. The van der Waals surface area contributed by atoms with Crippen molar-refractivity contribution >= 4 is 0 Å². The van der Waals surface area contributed by atoms with Crippen molar-refractivity contribution in [1.82, 2.24) is 19.9 Å². The maximum atomic E-state index is 13.1. The van der Waals surface area contributed by atoms with E-state index in [1.54, 1.807) is 19.5 Å². The van der Waals surface area contributed by atoms with E-state index in [1.807, 2.05) is 18.2 Å². The minimum atomic E-state index is -0.201. The Kier molecular flexibility index (Phi) is 3.72. The van der Waals surface area contributed by atoms with Gasteiger partial charge in [0.1, 0.15) is 11.6 Å². The van der Waals surface area contributed by atoms with Crippen molar-refractivity contribution < 1.29 is 9.13 Å². The van der Waals surface area contributed by atoms with Crippen molar-refractivity contribution in [2.75, 3.05) is 7.11 Å². The van der Waals surface area contributed by atoms with Gasteiger partial charge >= 0.3 is 6.01 Å². The maximum absolute atomic E-state index is 13.1. The summed E-state index contributed by atoms with van der Waals surface area (Å²) in [7, 11) is 1.54. The summed E-state index contributed by atoms with van der Waals surface area (Å²) in [5.41, 5.74) is 2.75. The Labute approximate surface area is 139 Å². The van der Waals surface area contributed by atoms with Gasteiger partial charge in [-0.25, -0.2) is 14.4 Å². The quantitative estimate of drug-likeness (QED) is 0.795. The first-order valence-corrected chi connectivity index (χ1v) is 7.92. The molecule has 24 heavy (non-hydrogen) atoms. The first-order valence-electron chi connectivity index (χ1n) is 7.92. The van der Waals surface area contributed by atoms with E-state index >= 15 is 0 Å². The molecular formula is C18H17FN4O. The number of halogens is 1. The molecule has 1 N–H and O–H groups in total. The van der Waals surface area contributed by atoms with Crippen molar-refractivity contribution in [3.63, 3.8) is 0 Å². The summed E-state index contributed by atoms with van der Waals surface area (Å²) in [6.07, 6.45) is 5.61. The van der Waals surface area contributed by atoms with Crippen LogP contribution < -0.4 is 4.74 Å². The second kappa shape index (κ2) is 6.03. The third kappa shape index (κ3) is 2.64. The van der Waals surface area contributed by atoms with Gasteiger partial charge in [0, 0.05) is 12.1 Å². The van der Waals surface area contributed by atoms with Crippen LogP contribution in [-0.4, -0.2) is 27.0 Å². The summed E-state index contributed by atoms with van der Waals surface area (Å²) in [5.74, 6) is 1.45. The Balaban J connectivity index is 1.57. The standard InChI is InChI=1S/C18H17FN4O/c1-24-18-20-9-8-15(23-18)16-10-21-17(22-16)14-7-6-13(14)11-2-4-12(19)5-3-11/h2-5,8-10,13-14H,6-7H2,1H3,(H,21,22). The molecule has 1 fully saturated rings. The first-order chi connectivity index (χ1) is 11.7. The highest BCUT2D eigenvalue weighted by Crippen LogP contribution is 2.48. The van der Waals surface area contributed by atoms with Crippen LogP contribution in [0, 0.1) is 5.82 Å². The van der Waals surface area contributed by atoms with E-state index in [0.29, 0.717) is 17.8 Å². The van der Waals surface area contributed by atoms with Crippen LogP contribution in [0.3, 0.4) is 0 Å². The second-order valence-corrected chi connectivity index (χ2v) is 5.95. The highest BCUT2D eigenvalue weighted by atomic mass is 19.1. The normalized spacial score (nSPS) is 19.8. The van der Waals surface area contributed by atoms with Gasteiger partial charge in [-0.2, -0.15) is 4.98 Å². The number of rotatable bonds is 4. The van der Waals surface area contributed by atoms with E-state index in [9.17, 15) is 4.39 Å². The molecule has 6 heteroatoms. The van der Waals surface area contributed by atoms with Gasteiger partial charge in [-0.05, 0) is 42.5 Å². The molecule has 1 aliphatic rings. The van der Waals surface area contributed by atoms with E-state index in [2.05, 4.69) is 19.9 Å². The first kappa shape index (κ1) is 14.8. The average Bonchev–Trinajstić information content (AvgIpc) is 3.05. The largest absolute Gasteiger partial charge is 0.467 e. The third-order valence-electron chi connectivity index (χ3n) is 4.61. The fourth-order valence-electron chi connectivity index (χ4n) is 3.18. The molecule has 0 aliphatic heterocycles. The lowest BCUT2D eigenvalue weighted by molar-refractivity contribution is 0.334. The molecule has 3 aromatic rings. The van der Waals surface area contributed by atoms with Crippen LogP contribution in [0.2, 0.25) is 0 Å². The number of aromatic nitrogens is 4. The van der Waals surface area contributed by atoms with Gasteiger partial charge in [-0.15, -0.1) is 0 Å². The van der Waals surface area contributed by atoms with E-state index in [4.69, 9.17) is 4.74 Å². The molecule has 0 amide bonds. The highest BCUT2D eigenvalue weighted by molar-refractivity contribution is 5.53. The average molecular weight is 324 g/mol. The fraction of sp³-hybridized carbons (Fsp3) is 0.278. The Morgan fingerprint density at radius 1 is 1.08 bits per heavy atom. The molecule has 2 heterocycles. The summed E-state index contributed by atoms with van der Waals surface area (Å²) >= 11 is 0. The highest BCUT2D eigenvalue weighted by Gasteiger charge is 2.35. The number of hydrogen-bond donors (Lipinski definition) is 1. The molecule has 2 atom stereocenters. The zero-order chi connectivity index (χ0) is 16.5. The summed E-state index contributed by atoms with van der Waals surface area (Å²) in [5, 5.41) is 0. The Morgan fingerprint density at radius 3 is 2.58 bits per heavy atom. The number of imidazole rings is 1. The number of aromatic amines is 1. The predicted molar refractivity (Wildman–Crippen MR) is 87.3 cm³/mol. The number of hydrogen-bond acceptors (Lipinski definition) is 4. The summed E-state index contributed by atoms with van der Waals surface area (Å²) in [6, 6.07) is 8.92. The van der Waals surface area contributed by atoms with Gasteiger partial charge in [0.2, 0.25) is 0 Å². The van der Waals surface area contributed by atoms with Crippen molar-refractivity contribution in [3.8, 4) is 17.4 Å². The second-order valence-electron chi connectivity index (χ2n) is 5.95. The number of nitrogens with zero attached hydrogens (tertiary/aromatic N) is 3. The number of benzene rings is 1. The van der Waals surface area contributed by atoms with Gasteiger partial charge in [0.25, 0.3) is 0 Å². The molecule has 4 rings (SSSR count). The number of ether oxygens (including phenoxy) is 1. The van der Waals surface area contributed by atoms with Crippen LogP contribution in [0.5, 0.6) is 6.01 Å². The Morgan fingerprint density at radius 2 is 1.88 bits per heavy atom. The number of methoxy groups -OCH3 is 1. The molecule has 122 valence electrons. The lowest BCUT2D eigenvalue weighted by atomic mass is 9.69. The van der Waals surface area contributed by atoms with Crippen LogP contribution in [0.4, 0.5) is 4.39 Å². The molecule has 1 aromatic carbocycles. The molecule has 0 spiro atoms.